The molecule has 1 aliphatic carbocycles. The minimum absolute atomic E-state index is 0.250. The van der Waals surface area contributed by atoms with Crippen molar-refractivity contribution in [1.29, 1.82) is 0 Å². The summed E-state index contributed by atoms with van der Waals surface area (Å²) in [6.07, 6.45) is 10.4. The molecule has 3 heteroatoms. The number of allylic oxidation sites excluding steroid dienone is 2. The first-order valence-electron chi connectivity index (χ1n) is 5.57. The number of pyridine rings is 1. The molecular weight excluding hydrogens is 266 g/mol. The Morgan fingerprint density at radius 2 is 2.25 bits per heavy atom. The van der Waals surface area contributed by atoms with Crippen LogP contribution in [0.3, 0.4) is 0 Å². The van der Waals surface area contributed by atoms with Crippen LogP contribution >= 0.6 is 15.9 Å². The van der Waals surface area contributed by atoms with Crippen molar-refractivity contribution in [2.75, 3.05) is 0 Å². The van der Waals surface area contributed by atoms with Crippen molar-refractivity contribution in [3.63, 3.8) is 0 Å². The van der Waals surface area contributed by atoms with E-state index >= 15 is 0 Å². The zero-order valence-corrected chi connectivity index (χ0v) is 10.7. The second-order valence-corrected chi connectivity index (χ2v) is 5.00. The van der Waals surface area contributed by atoms with Gasteiger partial charge in [-0.3, -0.25) is 9.78 Å². The molecule has 0 radical (unpaired) electrons. The van der Waals surface area contributed by atoms with Crippen LogP contribution in [0.25, 0.3) is 0 Å². The molecule has 0 fully saturated rings. The summed E-state index contributed by atoms with van der Waals surface area (Å²) in [5, 5.41) is 0. The van der Waals surface area contributed by atoms with Gasteiger partial charge in [0.2, 0.25) is 0 Å². The van der Waals surface area contributed by atoms with E-state index in [9.17, 15) is 4.79 Å². The predicted octanol–water partition coefficient (Wildman–Crippen LogP) is 3.46. The standard InChI is InChI=1S/C13H14BrNO/c14-12-6-10(8-15-9-12)7-13(16)11-4-2-1-3-5-11/h4,6,8-9H,1-3,5,7H2. The summed E-state index contributed by atoms with van der Waals surface area (Å²) in [7, 11) is 0. The van der Waals surface area contributed by atoms with Crippen molar-refractivity contribution in [1.82, 2.24) is 4.98 Å². The lowest BCUT2D eigenvalue weighted by molar-refractivity contribution is -0.115. The molecule has 0 spiro atoms. The van der Waals surface area contributed by atoms with Gasteiger partial charge in [-0.15, -0.1) is 0 Å². The highest BCUT2D eigenvalue weighted by Gasteiger charge is 2.12. The Balaban J connectivity index is 2.04. The molecule has 0 aliphatic heterocycles. The Morgan fingerprint density at radius 1 is 1.38 bits per heavy atom. The van der Waals surface area contributed by atoms with Crippen LogP contribution < -0.4 is 0 Å². The SMILES string of the molecule is O=C(Cc1cncc(Br)c1)C1=CCCCC1. The largest absolute Gasteiger partial charge is 0.294 e. The van der Waals surface area contributed by atoms with E-state index in [-0.39, 0.29) is 5.78 Å². The topological polar surface area (TPSA) is 30.0 Å². The van der Waals surface area contributed by atoms with Crippen LogP contribution in [0.1, 0.15) is 31.2 Å². The van der Waals surface area contributed by atoms with E-state index in [1.54, 1.807) is 12.4 Å². The number of aromatic nitrogens is 1. The van der Waals surface area contributed by atoms with E-state index in [1.807, 2.05) is 6.07 Å². The molecule has 1 aliphatic rings. The van der Waals surface area contributed by atoms with Gasteiger partial charge in [0.25, 0.3) is 0 Å². The number of nitrogens with zero attached hydrogens (tertiary/aromatic N) is 1. The van der Waals surface area contributed by atoms with Crippen molar-refractivity contribution in [3.8, 4) is 0 Å². The molecule has 2 nitrogen and oxygen atoms in total. The minimum atomic E-state index is 0.250. The second-order valence-electron chi connectivity index (χ2n) is 4.09. The van der Waals surface area contributed by atoms with E-state index in [2.05, 4.69) is 27.0 Å². The Bertz CT molecular complexity index is 426. The number of halogens is 1. The lowest BCUT2D eigenvalue weighted by Crippen LogP contribution is -2.09. The molecular formula is C13H14BrNO. The summed E-state index contributed by atoms with van der Waals surface area (Å²) in [6, 6.07) is 1.95. The molecule has 0 unspecified atom stereocenters. The van der Waals surface area contributed by atoms with Gasteiger partial charge in [-0.1, -0.05) is 6.08 Å². The highest BCUT2D eigenvalue weighted by atomic mass is 79.9. The van der Waals surface area contributed by atoms with Crippen molar-refractivity contribution < 1.29 is 4.79 Å². The lowest BCUT2D eigenvalue weighted by Gasteiger charge is -2.11. The maximum atomic E-state index is 12.0. The van der Waals surface area contributed by atoms with Gasteiger partial charge in [0.15, 0.2) is 5.78 Å². The molecule has 0 bridgehead atoms. The maximum Gasteiger partial charge on any atom is 0.162 e. The Labute approximate surface area is 104 Å². The van der Waals surface area contributed by atoms with Gasteiger partial charge >= 0.3 is 0 Å². The molecule has 0 N–H and O–H groups in total. The van der Waals surface area contributed by atoms with Crippen LogP contribution in [0.2, 0.25) is 0 Å². The number of hydrogen-bond donors (Lipinski definition) is 0. The molecule has 1 heterocycles. The van der Waals surface area contributed by atoms with Gasteiger partial charge in [0.1, 0.15) is 0 Å². The summed E-state index contributed by atoms with van der Waals surface area (Å²) < 4.78 is 0.926. The molecule has 16 heavy (non-hydrogen) atoms. The summed E-state index contributed by atoms with van der Waals surface area (Å²) in [6.45, 7) is 0. The third-order valence-corrected chi connectivity index (χ3v) is 3.21. The Hall–Kier alpha value is -0.960. The lowest BCUT2D eigenvalue weighted by atomic mass is 9.94. The summed E-state index contributed by atoms with van der Waals surface area (Å²) >= 11 is 3.36. The van der Waals surface area contributed by atoms with E-state index in [4.69, 9.17) is 0 Å². The minimum Gasteiger partial charge on any atom is -0.294 e. The number of ketones is 1. The highest BCUT2D eigenvalue weighted by Crippen LogP contribution is 2.20. The summed E-state index contributed by atoms with van der Waals surface area (Å²) in [5.74, 6) is 0.250. The van der Waals surface area contributed by atoms with Gasteiger partial charge in [-0.2, -0.15) is 0 Å². The zero-order chi connectivity index (χ0) is 11.4. The quantitative estimate of drug-likeness (QED) is 0.848. The average Bonchev–Trinajstić information content (AvgIpc) is 2.30. The summed E-state index contributed by atoms with van der Waals surface area (Å²) in [5.41, 5.74) is 1.98. The van der Waals surface area contributed by atoms with Crippen LogP contribution in [0.5, 0.6) is 0 Å². The van der Waals surface area contributed by atoms with Gasteiger partial charge in [0, 0.05) is 23.3 Å². The van der Waals surface area contributed by atoms with Crippen LogP contribution in [0.4, 0.5) is 0 Å². The molecule has 84 valence electrons. The van der Waals surface area contributed by atoms with Crippen LogP contribution in [0.15, 0.2) is 34.6 Å². The molecule has 0 aromatic carbocycles. The smallest absolute Gasteiger partial charge is 0.162 e. The number of rotatable bonds is 3. The Morgan fingerprint density at radius 3 is 2.94 bits per heavy atom. The third kappa shape index (κ3) is 3.01. The molecule has 2 rings (SSSR count). The fourth-order valence-corrected chi connectivity index (χ4v) is 2.36. The molecule has 0 atom stereocenters. The number of carbonyl (C=O) groups excluding carboxylic acids is 1. The molecule has 0 saturated carbocycles. The summed E-state index contributed by atoms with van der Waals surface area (Å²) in [4.78, 5) is 16.0. The molecule has 1 aromatic heterocycles. The van der Waals surface area contributed by atoms with Crippen molar-refractivity contribution in [2.24, 2.45) is 0 Å². The predicted molar refractivity (Wildman–Crippen MR) is 67.2 cm³/mol. The number of carbonyl (C=O) groups is 1. The zero-order valence-electron chi connectivity index (χ0n) is 9.08. The van der Waals surface area contributed by atoms with Crippen LogP contribution in [-0.4, -0.2) is 10.8 Å². The van der Waals surface area contributed by atoms with Crippen molar-refractivity contribution >= 4 is 21.7 Å². The first-order chi connectivity index (χ1) is 7.75. The fraction of sp³-hybridized carbons (Fsp3) is 0.385. The Kier molecular flexibility index (Phi) is 3.88. The van der Waals surface area contributed by atoms with Gasteiger partial charge in [0.05, 0.1) is 0 Å². The number of Topliss-reactive ketones (excluding diaryl/α,β-unsaturated/α-hetero) is 1. The maximum absolute atomic E-state index is 12.0. The van der Waals surface area contributed by atoms with E-state index in [0.717, 1.165) is 34.9 Å². The third-order valence-electron chi connectivity index (χ3n) is 2.78. The van der Waals surface area contributed by atoms with Gasteiger partial charge < -0.3 is 0 Å². The van der Waals surface area contributed by atoms with Gasteiger partial charge in [-0.05, 0) is 58.8 Å². The van der Waals surface area contributed by atoms with Crippen LogP contribution in [0, 0.1) is 0 Å². The van der Waals surface area contributed by atoms with E-state index < -0.39 is 0 Å². The van der Waals surface area contributed by atoms with Crippen molar-refractivity contribution in [2.45, 2.75) is 32.1 Å². The molecule has 0 amide bonds. The monoisotopic (exact) mass is 279 g/mol. The van der Waals surface area contributed by atoms with Crippen LogP contribution in [-0.2, 0) is 11.2 Å². The molecule has 1 aromatic rings. The fourth-order valence-electron chi connectivity index (χ4n) is 1.94. The highest BCUT2D eigenvalue weighted by molar-refractivity contribution is 9.10. The second kappa shape index (κ2) is 5.39. The van der Waals surface area contributed by atoms with Gasteiger partial charge in [-0.25, -0.2) is 0 Å². The normalized spacial score (nSPS) is 15.7. The first-order valence-corrected chi connectivity index (χ1v) is 6.36. The first kappa shape index (κ1) is 11.5. The number of hydrogen-bond acceptors (Lipinski definition) is 2. The average molecular weight is 280 g/mol. The van der Waals surface area contributed by atoms with Crippen molar-refractivity contribution in [3.05, 3.63) is 40.1 Å². The molecule has 0 saturated heterocycles. The van der Waals surface area contributed by atoms with E-state index in [0.29, 0.717) is 6.42 Å². The van der Waals surface area contributed by atoms with E-state index in [1.165, 1.54) is 6.42 Å².